The molecule has 0 aromatic heterocycles. The summed E-state index contributed by atoms with van der Waals surface area (Å²) in [5, 5.41) is 0. The first-order valence-electron chi connectivity index (χ1n) is 6.17. The first kappa shape index (κ1) is 12.4. The Kier molecular flexibility index (Phi) is 2.71. The summed E-state index contributed by atoms with van der Waals surface area (Å²) < 4.78 is 10.7. The number of hydrogen-bond donors (Lipinski definition) is 0. The van der Waals surface area contributed by atoms with E-state index in [2.05, 4.69) is 6.92 Å². The zero-order chi connectivity index (χ0) is 12.8. The molecule has 0 radical (unpaired) electrons. The Morgan fingerprint density at radius 1 is 1.53 bits per heavy atom. The lowest BCUT2D eigenvalue weighted by molar-refractivity contribution is -0.158. The fourth-order valence-corrected chi connectivity index (χ4v) is 3.33. The lowest BCUT2D eigenvalue weighted by Gasteiger charge is -2.37. The molecule has 4 heteroatoms. The Balaban J connectivity index is 2.19. The van der Waals surface area contributed by atoms with Crippen molar-refractivity contribution in [2.24, 2.45) is 17.3 Å². The van der Waals surface area contributed by atoms with Gasteiger partial charge in [-0.2, -0.15) is 0 Å². The minimum atomic E-state index is -0.487. The lowest BCUT2D eigenvalue weighted by atomic mass is 9.69. The van der Waals surface area contributed by atoms with Crippen molar-refractivity contribution < 1.29 is 19.1 Å². The van der Waals surface area contributed by atoms with Crippen LogP contribution in [0.2, 0.25) is 0 Å². The maximum absolute atomic E-state index is 11.8. The van der Waals surface area contributed by atoms with E-state index in [0.717, 1.165) is 12.8 Å². The highest BCUT2D eigenvalue weighted by Gasteiger charge is 2.66. The summed E-state index contributed by atoms with van der Waals surface area (Å²) in [4.78, 5) is 22.6. The number of hydrogen-bond acceptors (Lipinski definition) is 4. The average molecular weight is 240 g/mol. The Morgan fingerprint density at radius 3 is 2.76 bits per heavy atom. The number of esters is 2. The molecule has 1 aliphatic carbocycles. The first-order valence-corrected chi connectivity index (χ1v) is 6.17. The highest BCUT2D eigenvalue weighted by Crippen LogP contribution is 2.60. The van der Waals surface area contributed by atoms with Gasteiger partial charge in [-0.3, -0.25) is 9.59 Å². The van der Waals surface area contributed by atoms with Gasteiger partial charge in [-0.25, -0.2) is 0 Å². The summed E-state index contributed by atoms with van der Waals surface area (Å²) in [6.07, 6.45) is 1.89. The Bertz CT molecular complexity index is 364. The highest BCUT2D eigenvalue weighted by molar-refractivity contribution is 5.77. The molecule has 2 fully saturated rings. The van der Waals surface area contributed by atoms with E-state index in [0.29, 0.717) is 6.61 Å². The molecule has 96 valence electrons. The summed E-state index contributed by atoms with van der Waals surface area (Å²) in [5.41, 5.74) is -0.617. The van der Waals surface area contributed by atoms with Crippen LogP contribution >= 0.6 is 0 Å². The molecule has 1 heterocycles. The smallest absolute Gasteiger partial charge is 0.309 e. The topological polar surface area (TPSA) is 52.6 Å². The van der Waals surface area contributed by atoms with E-state index in [4.69, 9.17) is 9.47 Å². The van der Waals surface area contributed by atoms with Crippen LogP contribution in [0, 0.1) is 17.3 Å². The van der Waals surface area contributed by atoms with Crippen LogP contribution in [-0.2, 0) is 19.1 Å². The summed E-state index contributed by atoms with van der Waals surface area (Å²) >= 11 is 0. The van der Waals surface area contributed by atoms with Crippen molar-refractivity contribution in [1.29, 1.82) is 0 Å². The van der Waals surface area contributed by atoms with Crippen LogP contribution in [0.3, 0.4) is 0 Å². The lowest BCUT2D eigenvalue weighted by Crippen LogP contribution is -2.44. The second-order valence-electron chi connectivity index (χ2n) is 5.71. The fourth-order valence-electron chi connectivity index (χ4n) is 3.33. The number of carbonyl (C=O) groups is 2. The fraction of sp³-hybridized carbons (Fsp3) is 0.846. The summed E-state index contributed by atoms with van der Waals surface area (Å²) in [6.45, 7) is 7.77. The summed E-state index contributed by atoms with van der Waals surface area (Å²) in [6, 6.07) is 0. The van der Waals surface area contributed by atoms with Gasteiger partial charge in [0.25, 0.3) is 0 Å². The third-order valence-corrected chi connectivity index (χ3v) is 5.03. The molecule has 4 unspecified atom stereocenters. The van der Waals surface area contributed by atoms with E-state index in [-0.39, 0.29) is 29.2 Å². The van der Waals surface area contributed by atoms with Crippen molar-refractivity contribution in [3.63, 3.8) is 0 Å². The standard InChI is InChI=1S/C13H20O4/c1-8-11(15)17-13(4)10(7-16-9(2)14)5-6-12(8,13)3/h8,10H,5-7H2,1-4H3. The van der Waals surface area contributed by atoms with Crippen LogP contribution in [0.1, 0.15) is 40.5 Å². The van der Waals surface area contributed by atoms with E-state index in [1.54, 1.807) is 0 Å². The molecule has 1 aliphatic heterocycles. The monoisotopic (exact) mass is 240 g/mol. The van der Waals surface area contributed by atoms with Crippen molar-refractivity contribution in [3.05, 3.63) is 0 Å². The molecule has 0 N–H and O–H groups in total. The van der Waals surface area contributed by atoms with Gasteiger partial charge < -0.3 is 9.47 Å². The minimum absolute atomic E-state index is 0.0742. The third-order valence-electron chi connectivity index (χ3n) is 5.03. The van der Waals surface area contributed by atoms with Gasteiger partial charge in [0.15, 0.2) is 0 Å². The van der Waals surface area contributed by atoms with Crippen molar-refractivity contribution in [2.75, 3.05) is 6.61 Å². The van der Waals surface area contributed by atoms with E-state index < -0.39 is 5.60 Å². The van der Waals surface area contributed by atoms with Crippen molar-refractivity contribution in [3.8, 4) is 0 Å². The normalized spacial score (nSPS) is 44.4. The van der Waals surface area contributed by atoms with Gasteiger partial charge >= 0.3 is 11.9 Å². The number of fused-ring (bicyclic) bond motifs is 1. The van der Waals surface area contributed by atoms with Gasteiger partial charge in [0.1, 0.15) is 5.60 Å². The van der Waals surface area contributed by atoms with Gasteiger partial charge in [-0.1, -0.05) is 13.8 Å². The van der Waals surface area contributed by atoms with E-state index in [9.17, 15) is 9.59 Å². The van der Waals surface area contributed by atoms with Crippen molar-refractivity contribution in [2.45, 2.75) is 46.1 Å². The van der Waals surface area contributed by atoms with Crippen LogP contribution in [0.4, 0.5) is 0 Å². The molecule has 0 aromatic carbocycles. The minimum Gasteiger partial charge on any atom is -0.465 e. The third kappa shape index (κ3) is 1.57. The van der Waals surface area contributed by atoms with E-state index in [1.807, 2.05) is 13.8 Å². The van der Waals surface area contributed by atoms with Gasteiger partial charge in [-0.05, 0) is 19.8 Å². The molecule has 17 heavy (non-hydrogen) atoms. The molecular formula is C13H20O4. The molecule has 4 atom stereocenters. The quantitative estimate of drug-likeness (QED) is 0.692. The van der Waals surface area contributed by atoms with Gasteiger partial charge in [0, 0.05) is 18.3 Å². The zero-order valence-electron chi connectivity index (χ0n) is 10.9. The molecular weight excluding hydrogens is 220 g/mol. The molecule has 2 rings (SSSR count). The Labute approximate surface area is 102 Å². The number of carbonyl (C=O) groups excluding carboxylic acids is 2. The first-order chi connectivity index (χ1) is 7.81. The predicted molar refractivity (Wildman–Crippen MR) is 61.1 cm³/mol. The molecule has 1 saturated carbocycles. The van der Waals surface area contributed by atoms with Crippen LogP contribution in [0.5, 0.6) is 0 Å². The zero-order valence-corrected chi connectivity index (χ0v) is 10.9. The summed E-state index contributed by atoms with van der Waals surface area (Å²) in [5.74, 6) is -0.359. The molecule has 0 spiro atoms. The second-order valence-corrected chi connectivity index (χ2v) is 5.71. The second kappa shape index (κ2) is 3.72. The van der Waals surface area contributed by atoms with Gasteiger partial charge in [0.05, 0.1) is 12.5 Å². The van der Waals surface area contributed by atoms with Crippen LogP contribution < -0.4 is 0 Å². The van der Waals surface area contributed by atoms with E-state index in [1.165, 1.54) is 6.92 Å². The molecule has 4 nitrogen and oxygen atoms in total. The van der Waals surface area contributed by atoms with Crippen LogP contribution in [-0.4, -0.2) is 24.1 Å². The SMILES string of the molecule is CC(=O)OCC1CCC2(C)C(C)C(=O)OC12C. The maximum atomic E-state index is 11.8. The summed E-state index contributed by atoms with van der Waals surface area (Å²) in [7, 11) is 0. The van der Waals surface area contributed by atoms with Crippen molar-refractivity contribution >= 4 is 11.9 Å². The van der Waals surface area contributed by atoms with Crippen molar-refractivity contribution in [1.82, 2.24) is 0 Å². The maximum Gasteiger partial charge on any atom is 0.309 e. The van der Waals surface area contributed by atoms with Crippen LogP contribution in [0.15, 0.2) is 0 Å². The van der Waals surface area contributed by atoms with Gasteiger partial charge in [0.2, 0.25) is 0 Å². The average Bonchev–Trinajstić information content (AvgIpc) is 2.57. The molecule has 0 amide bonds. The predicted octanol–water partition coefficient (Wildman–Crippen LogP) is 1.92. The largest absolute Gasteiger partial charge is 0.465 e. The number of ether oxygens (including phenoxy) is 2. The number of rotatable bonds is 2. The van der Waals surface area contributed by atoms with E-state index >= 15 is 0 Å². The molecule has 0 aromatic rings. The Hall–Kier alpha value is -1.06. The molecule has 1 saturated heterocycles. The van der Waals surface area contributed by atoms with Crippen LogP contribution in [0.25, 0.3) is 0 Å². The Morgan fingerprint density at radius 2 is 2.18 bits per heavy atom. The highest BCUT2D eigenvalue weighted by atomic mass is 16.6. The molecule has 0 bridgehead atoms. The molecule has 2 aliphatic rings. The van der Waals surface area contributed by atoms with Gasteiger partial charge in [-0.15, -0.1) is 0 Å².